The summed E-state index contributed by atoms with van der Waals surface area (Å²) in [6.45, 7) is 10.2. The Morgan fingerprint density at radius 3 is 2.73 bits per heavy atom. The van der Waals surface area contributed by atoms with Crippen molar-refractivity contribution in [3.8, 4) is 0 Å². The number of nitrogens with zero attached hydrogens (tertiary/aromatic N) is 4. The molecule has 2 saturated heterocycles. The van der Waals surface area contributed by atoms with Crippen molar-refractivity contribution in [1.82, 2.24) is 15.1 Å². The van der Waals surface area contributed by atoms with Crippen LogP contribution in [-0.2, 0) is 0 Å². The Morgan fingerprint density at radius 1 is 1.19 bits per heavy atom. The predicted octanol–water partition coefficient (Wildman–Crippen LogP) is 3.10. The molecule has 0 amide bonds. The Balaban J connectivity index is 1.32. The summed E-state index contributed by atoms with van der Waals surface area (Å²) in [4.78, 5) is 12.1. The Hall–Kier alpha value is -1.27. The van der Waals surface area contributed by atoms with Crippen molar-refractivity contribution in [2.45, 2.75) is 45.1 Å². The average molecular weight is 378 g/mol. The third-order valence-electron chi connectivity index (χ3n) is 5.70. The van der Waals surface area contributed by atoms with Crippen molar-refractivity contribution in [2.75, 3.05) is 57.8 Å². The number of hydrogen-bond donors (Lipinski definition) is 1. The highest BCUT2D eigenvalue weighted by atomic mass is 32.1. The van der Waals surface area contributed by atoms with Crippen LogP contribution in [0.4, 0.5) is 5.00 Å². The summed E-state index contributed by atoms with van der Waals surface area (Å²) in [6.07, 6.45) is 6.67. The lowest BCUT2D eigenvalue weighted by Crippen LogP contribution is -2.52. The van der Waals surface area contributed by atoms with E-state index in [0.29, 0.717) is 0 Å². The molecule has 6 heteroatoms. The molecule has 5 nitrogen and oxygen atoms in total. The lowest BCUT2D eigenvalue weighted by atomic mass is 10.0. The van der Waals surface area contributed by atoms with Crippen LogP contribution < -0.4 is 10.2 Å². The van der Waals surface area contributed by atoms with Gasteiger partial charge in [-0.15, -0.1) is 11.3 Å². The summed E-state index contributed by atoms with van der Waals surface area (Å²) in [5.41, 5.74) is 0. The van der Waals surface area contributed by atoms with Crippen LogP contribution in [0.1, 0.15) is 39.0 Å². The number of thiophene rings is 1. The first-order valence-corrected chi connectivity index (χ1v) is 11.1. The second kappa shape index (κ2) is 10.2. The maximum Gasteiger partial charge on any atom is 0.193 e. The number of unbranched alkanes of at least 4 members (excludes halogenated alkanes) is 1. The van der Waals surface area contributed by atoms with E-state index in [-0.39, 0.29) is 0 Å². The summed E-state index contributed by atoms with van der Waals surface area (Å²) < 4.78 is 0. The lowest BCUT2D eigenvalue weighted by Gasteiger charge is -2.37. The molecule has 2 fully saturated rings. The van der Waals surface area contributed by atoms with E-state index in [1.165, 1.54) is 50.2 Å². The lowest BCUT2D eigenvalue weighted by molar-refractivity contribution is 0.158. The van der Waals surface area contributed by atoms with E-state index < -0.39 is 0 Å². The quantitative estimate of drug-likeness (QED) is 0.469. The molecule has 2 aliphatic heterocycles. The summed E-state index contributed by atoms with van der Waals surface area (Å²) in [7, 11) is 1.91. The molecule has 26 heavy (non-hydrogen) atoms. The van der Waals surface area contributed by atoms with E-state index in [0.717, 1.165) is 44.7 Å². The van der Waals surface area contributed by atoms with Gasteiger partial charge in [-0.3, -0.25) is 4.99 Å². The van der Waals surface area contributed by atoms with Crippen molar-refractivity contribution in [3.63, 3.8) is 0 Å². The monoisotopic (exact) mass is 377 g/mol. The van der Waals surface area contributed by atoms with Crippen LogP contribution >= 0.6 is 11.3 Å². The normalized spacial score (nSPS) is 22.7. The Bertz CT molecular complexity index is 536. The van der Waals surface area contributed by atoms with E-state index >= 15 is 0 Å². The fourth-order valence-electron chi connectivity index (χ4n) is 4.05. The molecule has 0 spiro atoms. The van der Waals surface area contributed by atoms with Gasteiger partial charge in [0, 0.05) is 45.8 Å². The Labute approximate surface area is 163 Å². The number of nitrogens with one attached hydrogen (secondary N) is 1. The average Bonchev–Trinajstić information content (AvgIpc) is 3.21. The van der Waals surface area contributed by atoms with Crippen LogP contribution in [0.3, 0.4) is 0 Å². The number of aliphatic imine (C=N–C) groups is 1. The fourth-order valence-corrected chi connectivity index (χ4v) is 4.84. The topological polar surface area (TPSA) is 34.1 Å². The maximum absolute atomic E-state index is 4.50. The number of anilines is 1. The van der Waals surface area contributed by atoms with Crippen molar-refractivity contribution < 1.29 is 0 Å². The highest BCUT2D eigenvalue weighted by Crippen LogP contribution is 2.22. The minimum absolute atomic E-state index is 0.782. The minimum atomic E-state index is 0.782. The summed E-state index contributed by atoms with van der Waals surface area (Å²) in [6, 6.07) is 5.14. The first-order valence-electron chi connectivity index (χ1n) is 10.3. The van der Waals surface area contributed by atoms with Gasteiger partial charge in [-0.05, 0) is 63.2 Å². The molecule has 0 bridgehead atoms. The van der Waals surface area contributed by atoms with Crippen LogP contribution in [0.5, 0.6) is 0 Å². The number of piperidine rings is 1. The van der Waals surface area contributed by atoms with Crippen LogP contribution in [0.2, 0.25) is 0 Å². The van der Waals surface area contributed by atoms with Gasteiger partial charge in [-0.25, -0.2) is 0 Å². The van der Waals surface area contributed by atoms with Gasteiger partial charge >= 0.3 is 0 Å². The van der Waals surface area contributed by atoms with E-state index in [4.69, 9.17) is 0 Å². The molecule has 2 aliphatic rings. The van der Waals surface area contributed by atoms with E-state index in [9.17, 15) is 0 Å². The van der Waals surface area contributed by atoms with Gasteiger partial charge in [-0.1, -0.05) is 6.42 Å². The number of hydrogen-bond acceptors (Lipinski definition) is 4. The van der Waals surface area contributed by atoms with Crippen LogP contribution in [0, 0.1) is 0 Å². The smallest absolute Gasteiger partial charge is 0.193 e. The molecule has 1 atom stereocenters. The second-order valence-electron chi connectivity index (χ2n) is 7.49. The largest absolute Gasteiger partial charge is 0.360 e. The molecular formula is C20H35N5S. The third kappa shape index (κ3) is 5.36. The van der Waals surface area contributed by atoms with E-state index in [1.807, 2.05) is 18.4 Å². The van der Waals surface area contributed by atoms with Gasteiger partial charge in [-0.2, -0.15) is 0 Å². The molecule has 1 unspecified atom stereocenters. The number of guanidine groups is 1. The van der Waals surface area contributed by atoms with Crippen molar-refractivity contribution in [2.24, 2.45) is 4.99 Å². The van der Waals surface area contributed by atoms with Gasteiger partial charge in [0.1, 0.15) is 0 Å². The number of rotatable bonds is 6. The summed E-state index contributed by atoms with van der Waals surface area (Å²) >= 11 is 1.83. The first-order chi connectivity index (χ1) is 12.8. The Kier molecular flexibility index (Phi) is 7.62. The maximum atomic E-state index is 4.50. The van der Waals surface area contributed by atoms with Gasteiger partial charge < -0.3 is 20.0 Å². The Morgan fingerprint density at radius 2 is 2.04 bits per heavy atom. The molecule has 0 aromatic carbocycles. The molecule has 1 aromatic heterocycles. The molecule has 0 aliphatic carbocycles. The van der Waals surface area contributed by atoms with Gasteiger partial charge in [0.2, 0.25) is 0 Å². The molecule has 3 heterocycles. The zero-order valence-electron chi connectivity index (χ0n) is 16.5. The van der Waals surface area contributed by atoms with Crippen LogP contribution in [0.25, 0.3) is 0 Å². The van der Waals surface area contributed by atoms with Gasteiger partial charge in [0.25, 0.3) is 0 Å². The zero-order valence-corrected chi connectivity index (χ0v) is 17.3. The standard InChI is InChI=1S/C20H35N5S/c1-18-8-3-5-11-23(18)12-6-4-10-22-20(21-2)25-15-13-24(14-16-25)19-9-7-17-26-19/h7,9,17-18H,3-6,8,10-16H2,1-2H3,(H,21,22). The highest BCUT2D eigenvalue weighted by Gasteiger charge is 2.20. The van der Waals surface area contributed by atoms with Crippen molar-refractivity contribution in [3.05, 3.63) is 17.5 Å². The number of piperazine rings is 1. The second-order valence-corrected chi connectivity index (χ2v) is 8.41. The third-order valence-corrected chi connectivity index (χ3v) is 6.63. The fraction of sp³-hybridized carbons (Fsp3) is 0.750. The zero-order chi connectivity index (χ0) is 18.2. The highest BCUT2D eigenvalue weighted by molar-refractivity contribution is 7.14. The van der Waals surface area contributed by atoms with Crippen LogP contribution in [0.15, 0.2) is 22.5 Å². The van der Waals surface area contributed by atoms with E-state index in [2.05, 4.69) is 49.4 Å². The molecular weight excluding hydrogens is 342 g/mol. The van der Waals surface area contributed by atoms with Gasteiger partial charge in [0.15, 0.2) is 5.96 Å². The number of likely N-dealkylation sites (tertiary alicyclic amines) is 1. The molecule has 3 rings (SSSR count). The SMILES string of the molecule is CN=C(NCCCCN1CCCCC1C)N1CCN(c2cccs2)CC1. The first kappa shape index (κ1) is 19.5. The van der Waals surface area contributed by atoms with Crippen molar-refractivity contribution >= 4 is 22.3 Å². The summed E-state index contributed by atoms with van der Waals surface area (Å²) in [5, 5.41) is 7.13. The minimum Gasteiger partial charge on any atom is -0.360 e. The van der Waals surface area contributed by atoms with Crippen molar-refractivity contribution in [1.29, 1.82) is 0 Å². The summed E-state index contributed by atoms with van der Waals surface area (Å²) in [5.74, 6) is 1.07. The predicted molar refractivity (Wildman–Crippen MR) is 114 cm³/mol. The molecule has 0 radical (unpaired) electrons. The van der Waals surface area contributed by atoms with Gasteiger partial charge in [0.05, 0.1) is 5.00 Å². The van der Waals surface area contributed by atoms with E-state index in [1.54, 1.807) is 0 Å². The molecule has 1 N–H and O–H groups in total. The molecule has 1 aromatic rings. The van der Waals surface area contributed by atoms with Crippen LogP contribution in [-0.4, -0.2) is 74.7 Å². The molecule has 0 saturated carbocycles. The molecule has 146 valence electrons.